The number of pyridine rings is 1. The average Bonchev–Trinajstić information content (AvgIpc) is 3.35. The molecule has 0 spiro atoms. The molecule has 2 aromatic heterocycles. The second-order valence-corrected chi connectivity index (χ2v) is 8.34. The van der Waals surface area contributed by atoms with E-state index in [4.69, 9.17) is 16.3 Å². The summed E-state index contributed by atoms with van der Waals surface area (Å²) in [6, 6.07) is 9.20. The Balaban J connectivity index is 1.56. The lowest BCUT2D eigenvalue weighted by molar-refractivity contribution is 0.0945. The van der Waals surface area contributed by atoms with Crippen molar-refractivity contribution in [2.45, 2.75) is 32.0 Å². The Morgan fingerprint density at radius 1 is 1.24 bits per heavy atom. The summed E-state index contributed by atoms with van der Waals surface area (Å²) in [5.74, 6) is 0.772. The maximum atomic E-state index is 13.0. The highest BCUT2D eigenvalue weighted by Gasteiger charge is 2.25. The van der Waals surface area contributed by atoms with E-state index in [-0.39, 0.29) is 30.8 Å². The SMILES string of the molecule is COc1ccc(CNc2cc(N3CCCC3CO)cnc2C(=O)NCc2ncccn2)cc1Cl. The molecule has 1 saturated heterocycles. The fraction of sp³-hybridized carbons (Fsp3) is 0.333. The van der Waals surface area contributed by atoms with Gasteiger partial charge in [0.15, 0.2) is 5.69 Å². The standard InChI is InChI=1S/C24H27ClN6O3/c1-34-21-6-5-16(10-19(21)25)12-28-20-11-18(31-9-2-4-17(31)15-32)13-29-23(20)24(33)30-14-22-26-7-3-8-27-22/h3,5-8,10-11,13,17,28,32H,2,4,9,12,14-15H2,1H3,(H,30,33). The first-order valence-electron chi connectivity index (χ1n) is 11.1. The number of amides is 1. The molecular formula is C24H27ClN6O3. The van der Waals surface area contributed by atoms with Crippen molar-refractivity contribution in [3.8, 4) is 5.75 Å². The zero-order valence-electron chi connectivity index (χ0n) is 18.9. The minimum atomic E-state index is -0.339. The van der Waals surface area contributed by atoms with Crippen LogP contribution in [0, 0.1) is 0 Å². The number of aliphatic hydroxyl groups is 1. The largest absolute Gasteiger partial charge is 0.495 e. The number of hydrogen-bond acceptors (Lipinski definition) is 8. The molecular weight excluding hydrogens is 456 g/mol. The van der Waals surface area contributed by atoms with Gasteiger partial charge in [-0.2, -0.15) is 0 Å². The second-order valence-electron chi connectivity index (χ2n) is 7.93. The van der Waals surface area contributed by atoms with Crippen molar-refractivity contribution in [2.75, 3.05) is 30.5 Å². The number of carbonyl (C=O) groups excluding carboxylic acids is 1. The van der Waals surface area contributed by atoms with Gasteiger partial charge >= 0.3 is 0 Å². The molecule has 1 amide bonds. The third-order valence-electron chi connectivity index (χ3n) is 5.73. The lowest BCUT2D eigenvalue weighted by Gasteiger charge is -2.26. The summed E-state index contributed by atoms with van der Waals surface area (Å²) in [7, 11) is 1.57. The van der Waals surface area contributed by atoms with Crippen molar-refractivity contribution in [1.82, 2.24) is 20.3 Å². The Kier molecular flexibility index (Phi) is 7.76. The first kappa shape index (κ1) is 23.7. The molecule has 0 aliphatic carbocycles. The van der Waals surface area contributed by atoms with Crippen LogP contribution >= 0.6 is 11.6 Å². The van der Waals surface area contributed by atoms with Crippen LogP contribution in [0.15, 0.2) is 48.9 Å². The lowest BCUT2D eigenvalue weighted by atomic mass is 10.2. The van der Waals surface area contributed by atoms with Crippen LogP contribution in [0.25, 0.3) is 0 Å². The fourth-order valence-electron chi connectivity index (χ4n) is 3.97. The second kappa shape index (κ2) is 11.1. The van der Waals surface area contributed by atoms with Gasteiger partial charge in [-0.25, -0.2) is 15.0 Å². The van der Waals surface area contributed by atoms with E-state index in [2.05, 4.69) is 30.5 Å². The minimum Gasteiger partial charge on any atom is -0.495 e. The maximum Gasteiger partial charge on any atom is 0.272 e. The fourth-order valence-corrected chi connectivity index (χ4v) is 4.25. The number of halogens is 1. The summed E-state index contributed by atoms with van der Waals surface area (Å²) in [6.45, 7) is 1.53. The summed E-state index contributed by atoms with van der Waals surface area (Å²) in [5.41, 5.74) is 2.63. The summed E-state index contributed by atoms with van der Waals surface area (Å²) < 4.78 is 5.22. The molecule has 3 heterocycles. The molecule has 3 N–H and O–H groups in total. The monoisotopic (exact) mass is 482 g/mol. The van der Waals surface area contributed by atoms with Gasteiger partial charge in [-0.3, -0.25) is 4.79 Å². The number of aliphatic hydroxyl groups excluding tert-OH is 1. The quantitative estimate of drug-likeness (QED) is 0.426. The van der Waals surface area contributed by atoms with Crippen LogP contribution in [0.5, 0.6) is 5.75 Å². The molecule has 178 valence electrons. The summed E-state index contributed by atoms with van der Waals surface area (Å²) in [4.78, 5) is 27.9. The van der Waals surface area contributed by atoms with Crippen LogP contribution in [0.4, 0.5) is 11.4 Å². The molecule has 1 atom stereocenters. The highest BCUT2D eigenvalue weighted by Crippen LogP contribution is 2.29. The molecule has 0 bridgehead atoms. The van der Waals surface area contributed by atoms with Gasteiger partial charge in [-0.1, -0.05) is 17.7 Å². The van der Waals surface area contributed by atoms with Gasteiger partial charge in [0.25, 0.3) is 5.91 Å². The van der Waals surface area contributed by atoms with Crippen molar-refractivity contribution >= 4 is 28.9 Å². The Labute approximate surface area is 203 Å². The number of carbonyl (C=O) groups is 1. The Hall–Kier alpha value is -3.43. The van der Waals surface area contributed by atoms with Gasteiger partial charge in [0.05, 0.1) is 48.9 Å². The van der Waals surface area contributed by atoms with Crippen molar-refractivity contribution in [2.24, 2.45) is 0 Å². The van der Waals surface area contributed by atoms with E-state index in [0.717, 1.165) is 30.6 Å². The summed E-state index contributed by atoms with van der Waals surface area (Å²) in [6.07, 6.45) is 6.85. The van der Waals surface area contributed by atoms with Gasteiger partial charge in [-0.05, 0) is 42.7 Å². The van der Waals surface area contributed by atoms with Crippen LogP contribution in [0.3, 0.4) is 0 Å². The summed E-state index contributed by atoms with van der Waals surface area (Å²) >= 11 is 6.26. The van der Waals surface area contributed by atoms with Gasteiger partial charge in [-0.15, -0.1) is 0 Å². The molecule has 1 unspecified atom stereocenters. The Morgan fingerprint density at radius 2 is 2.06 bits per heavy atom. The summed E-state index contributed by atoms with van der Waals surface area (Å²) in [5, 5.41) is 16.4. The molecule has 9 nitrogen and oxygen atoms in total. The first-order valence-corrected chi connectivity index (χ1v) is 11.4. The number of hydrogen-bond donors (Lipinski definition) is 3. The van der Waals surface area contributed by atoms with Crippen molar-refractivity contribution < 1.29 is 14.6 Å². The Morgan fingerprint density at radius 3 is 2.79 bits per heavy atom. The van der Waals surface area contributed by atoms with Gasteiger partial charge < -0.3 is 25.4 Å². The lowest BCUT2D eigenvalue weighted by Crippen LogP contribution is -2.32. The molecule has 0 saturated carbocycles. The molecule has 1 aliphatic heterocycles. The number of methoxy groups -OCH3 is 1. The third-order valence-corrected chi connectivity index (χ3v) is 6.03. The molecule has 1 aliphatic rings. The minimum absolute atomic E-state index is 0.0463. The first-order chi connectivity index (χ1) is 16.6. The maximum absolute atomic E-state index is 13.0. The highest BCUT2D eigenvalue weighted by atomic mass is 35.5. The predicted octanol–water partition coefficient (Wildman–Crippen LogP) is 3.04. The van der Waals surface area contributed by atoms with E-state index >= 15 is 0 Å². The average molecular weight is 483 g/mol. The third kappa shape index (κ3) is 5.55. The van der Waals surface area contributed by atoms with Crippen LogP contribution in [-0.4, -0.2) is 52.3 Å². The van der Waals surface area contributed by atoms with E-state index in [1.165, 1.54) is 0 Å². The number of rotatable bonds is 9. The van der Waals surface area contributed by atoms with Crippen LogP contribution < -0.4 is 20.3 Å². The number of nitrogens with one attached hydrogen (secondary N) is 2. The van der Waals surface area contributed by atoms with Gasteiger partial charge in [0, 0.05) is 25.5 Å². The van der Waals surface area contributed by atoms with Crippen LogP contribution in [0.2, 0.25) is 5.02 Å². The number of aromatic nitrogens is 3. The van der Waals surface area contributed by atoms with E-state index in [9.17, 15) is 9.90 Å². The van der Waals surface area contributed by atoms with Crippen molar-refractivity contribution in [3.63, 3.8) is 0 Å². The molecule has 3 aromatic rings. The van der Waals surface area contributed by atoms with Crippen LogP contribution in [-0.2, 0) is 13.1 Å². The molecule has 10 heteroatoms. The smallest absolute Gasteiger partial charge is 0.272 e. The van der Waals surface area contributed by atoms with E-state index in [0.29, 0.717) is 28.8 Å². The number of benzene rings is 1. The number of anilines is 2. The van der Waals surface area contributed by atoms with E-state index in [1.807, 2.05) is 18.2 Å². The zero-order chi connectivity index (χ0) is 23.9. The predicted molar refractivity (Wildman–Crippen MR) is 130 cm³/mol. The van der Waals surface area contributed by atoms with Crippen molar-refractivity contribution in [1.29, 1.82) is 0 Å². The van der Waals surface area contributed by atoms with Gasteiger partial charge in [0.1, 0.15) is 11.6 Å². The normalized spacial score (nSPS) is 15.3. The van der Waals surface area contributed by atoms with E-state index in [1.54, 1.807) is 37.8 Å². The molecule has 1 aromatic carbocycles. The zero-order valence-corrected chi connectivity index (χ0v) is 19.6. The number of nitrogens with zero attached hydrogens (tertiary/aromatic N) is 4. The van der Waals surface area contributed by atoms with E-state index < -0.39 is 0 Å². The Bertz CT molecular complexity index is 1130. The molecule has 0 radical (unpaired) electrons. The molecule has 34 heavy (non-hydrogen) atoms. The van der Waals surface area contributed by atoms with Gasteiger partial charge in [0.2, 0.25) is 0 Å². The van der Waals surface area contributed by atoms with Crippen molar-refractivity contribution in [3.05, 3.63) is 71.0 Å². The van der Waals surface area contributed by atoms with Crippen LogP contribution in [0.1, 0.15) is 34.7 Å². The highest BCUT2D eigenvalue weighted by molar-refractivity contribution is 6.32. The topological polar surface area (TPSA) is 112 Å². The number of ether oxygens (including phenoxy) is 1. The molecule has 4 rings (SSSR count). The molecule has 1 fully saturated rings.